The van der Waals surface area contributed by atoms with Crippen LogP contribution in [0.4, 0.5) is 0 Å². The van der Waals surface area contributed by atoms with E-state index in [-0.39, 0.29) is 17.9 Å². The molecular formula is C28H34N4O2. The van der Waals surface area contributed by atoms with Crippen LogP contribution in [-0.2, 0) is 17.8 Å². The first-order chi connectivity index (χ1) is 16.4. The van der Waals surface area contributed by atoms with E-state index in [9.17, 15) is 9.59 Å². The highest BCUT2D eigenvalue weighted by atomic mass is 16.2. The van der Waals surface area contributed by atoms with E-state index in [4.69, 9.17) is 0 Å². The molecule has 1 fully saturated rings. The number of hydrogen-bond acceptors (Lipinski definition) is 3. The van der Waals surface area contributed by atoms with Crippen LogP contribution >= 0.6 is 0 Å². The summed E-state index contributed by atoms with van der Waals surface area (Å²) in [4.78, 5) is 34.1. The molecule has 2 heterocycles. The second-order valence-electron chi connectivity index (χ2n) is 10.3. The van der Waals surface area contributed by atoms with Crippen LogP contribution in [0, 0.1) is 11.8 Å². The van der Waals surface area contributed by atoms with Crippen molar-refractivity contribution in [3.63, 3.8) is 0 Å². The molecular weight excluding hydrogens is 424 g/mol. The molecule has 0 saturated heterocycles. The Kier molecular flexibility index (Phi) is 5.92. The summed E-state index contributed by atoms with van der Waals surface area (Å²) in [6.45, 7) is 7.28. The first-order valence-corrected chi connectivity index (χ1v) is 12.5. The van der Waals surface area contributed by atoms with Crippen LogP contribution in [0.2, 0.25) is 0 Å². The van der Waals surface area contributed by atoms with Gasteiger partial charge in [-0.2, -0.15) is 0 Å². The standard InChI is InChI=1S/C28H34N4O2/c1-19-10-9-14-22(20(19)2)30-27(34)28(3)18-31-24-15-8-7-13-23(24)29-25(31)26(33)32(28)17-16-21-11-5-4-6-12-21/h4-8,11-13,15,19-20,22H,9-10,14,16-18H2,1-3H3,(H,30,34)/t19-,20-,22+,28+/m1/s1. The van der Waals surface area contributed by atoms with E-state index in [1.165, 1.54) is 6.42 Å². The van der Waals surface area contributed by atoms with Crippen LogP contribution in [0.1, 0.15) is 56.2 Å². The van der Waals surface area contributed by atoms with Crippen molar-refractivity contribution < 1.29 is 9.59 Å². The zero-order chi connectivity index (χ0) is 23.9. The van der Waals surface area contributed by atoms with Gasteiger partial charge in [0.05, 0.1) is 17.6 Å². The van der Waals surface area contributed by atoms with Gasteiger partial charge in [0.2, 0.25) is 5.91 Å². The Morgan fingerprint density at radius 2 is 1.82 bits per heavy atom. The quantitative estimate of drug-likeness (QED) is 0.615. The molecule has 2 amide bonds. The number of hydrogen-bond donors (Lipinski definition) is 1. The molecule has 0 unspecified atom stereocenters. The van der Waals surface area contributed by atoms with Gasteiger partial charge in [-0.3, -0.25) is 9.59 Å². The summed E-state index contributed by atoms with van der Waals surface area (Å²) in [6.07, 6.45) is 4.01. The smallest absolute Gasteiger partial charge is 0.290 e. The van der Waals surface area contributed by atoms with Crippen LogP contribution < -0.4 is 5.32 Å². The molecule has 0 bridgehead atoms. The van der Waals surface area contributed by atoms with E-state index in [1.807, 2.05) is 54.0 Å². The van der Waals surface area contributed by atoms with Gasteiger partial charge >= 0.3 is 0 Å². The van der Waals surface area contributed by atoms with Gasteiger partial charge in [0, 0.05) is 12.6 Å². The van der Waals surface area contributed by atoms with Gasteiger partial charge in [-0.05, 0) is 49.3 Å². The van der Waals surface area contributed by atoms with Crippen molar-refractivity contribution in [2.75, 3.05) is 6.54 Å². The molecule has 0 spiro atoms. The molecule has 6 nitrogen and oxygen atoms in total. The molecule has 6 heteroatoms. The Balaban J connectivity index is 1.49. The molecule has 0 radical (unpaired) electrons. The fraction of sp³-hybridized carbons (Fsp3) is 0.464. The summed E-state index contributed by atoms with van der Waals surface area (Å²) in [7, 11) is 0. The second kappa shape index (κ2) is 8.90. The van der Waals surface area contributed by atoms with Crippen LogP contribution in [0.3, 0.4) is 0 Å². The van der Waals surface area contributed by atoms with E-state index >= 15 is 0 Å². The van der Waals surface area contributed by atoms with Gasteiger partial charge < -0.3 is 14.8 Å². The number of carbonyl (C=O) groups is 2. The maximum absolute atomic E-state index is 13.9. The number of fused-ring (bicyclic) bond motifs is 3. The first-order valence-electron chi connectivity index (χ1n) is 12.5. The highest BCUT2D eigenvalue weighted by molar-refractivity contribution is 6.01. The summed E-state index contributed by atoms with van der Waals surface area (Å²) >= 11 is 0. The zero-order valence-electron chi connectivity index (χ0n) is 20.3. The maximum atomic E-state index is 13.9. The van der Waals surface area contributed by atoms with E-state index in [1.54, 1.807) is 4.90 Å². The van der Waals surface area contributed by atoms with Gasteiger partial charge in [0.25, 0.3) is 5.91 Å². The fourth-order valence-electron chi connectivity index (χ4n) is 5.67. The average molecular weight is 459 g/mol. The number of para-hydroxylation sites is 2. The molecule has 4 atom stereocenters. The predicted molar refractivity (Wildman–Crippen MR) is 133 cm³/mol. The predicted octanol–water partition coefficient (Wildman–Crippen LogP) is 4.43. The average Bonchev–Trinajstić information content (AvgIpc) is 3.21. The number of amides is 2. The summed E-state index contributed by atoms with van der Waals surface area (Å²) in [5.74, 6) is 1.17. The van der Waals surface area contributed by atoms with Crippen LogP contribution in [0.5, 0.6) is 0 Å². The van der Waals surface area contributed by atoms with Crippen molar-refractivity contribution in [3.8, 4) is 0 Å². The zero-order valence-corrected chi connectivity index (χ0v) is 20.3. The molecule has 2 aromatic carbocycles. The summed E-state index contributed by atoms with van der Waals surface area (Å²) < 4.78 is 1.93. The van der Waals surface area contributed by atoms with E-state index in [0.717, 1.165) is 29.4 Å². The lowest BCUT2D eigenvalue weighted by Gasteiger charge is -2.45. The molecule has 1 aliphatic heterocycles. The Morgan fingerprint density at radius 1 is 1.09 bits per heavy atom. The third-order valence-corrected chi connectivity index (χ3v) is 8.13. The van der Waals surface area contributed by atoms with Crippen LogP contribution in [0.25, 0.3) is 11.0 Å². The van der Waals surface area contributed by atoms with Crippen molar-refractivity contribution >= 4 is 22.8 Å². The highest BCUT2D eigenvalue weighted by Crippen LogP contribution is 2.33. The summed E-state index contributed by atoms with van der Waals surface area (Å²) in [5.41, 5.74) is 1.83. The van der Waals surface area contributed by atoms with Crippen molar-refractivity contribution in [2.24, 2.45) is 11.8 Å². The summed E-state index contributed by atoms with van der Waals surface area (Å²) in [6, 6.07) is 18.0. The lowest BCUT2D eigenvalue weighted by Crippen LogP contribution is -2.66. The topological polar surface area (TPSA) is 67.2 Å². The normalized spacial score (nSPS) is 27.0. The van der Waals surface area contributed by atoms with E-state index in [0.29, 0.717) is 37.2 Å². The lowest BCUT2D eigenvalue weighted by atomic mass is 9.77. The molecule has 1 saturated carbocycles. The number of carbonyl (C=O) groups excluding carboxylic acids is 2. The highest BCUT2D eigenvalue weighted by Gasteiger charge is 2.49. The van der Waals surface area contributed by atoms with Gasteiger partial charge in [-0.15, -0.1) is 0 Å². The van der Waals surface area contributed by atoms with E-state index < -0.39 is 5.54 Å². The second-order valence-corrected chi connectivity index (χ2v) is 10.3. The minimum absolute atomic E-state index is 0.0664. The number of nitrogens with zero attached hydrogens (tertiary/aromatic N) is 3. The molecule has 1 N–H and O–H groups in total. The number of aromatic nitrogens is 2. The van der Waals surface area contributed by atoms with Gasteiger partial charge in [0.1, 0.15) is 5.54 Å². The van der Waals surface area contributed by atoms with Crippen molar-refractivity contribution in [3.05, 3.63) is 66.0 Å². The molecule has 5 rings (SSSR count). The Bertz CT molecular complexity index is 1200. The van der Waals surface area contributed by atoms with Gasteiger partial charge in [-0.1, -0.05) is 69.2 Å². The Morgan fingerprint density at radius 3 is 2.62 bits per heavy atom. The minimum Gasteiger partial charge on any atom is -0.351 e. The number of nitrogens with one attached hydrogen (secondary N) is 1. The van der Waals surface area contributed by atoms with Crippen molar-refractivity contribution in [2.45, 2.75) is 64.6 Å². The number of imidazole rings is 1. The number of rotatable bonds is 5. The fourth-order valence-corrected chi connectivity index (χ4v) is 5.67. The van der Waals surface area contributed by atoms with Gasteiger partial charge in [0.15, 0.2) is 5.82 Å². The van der Waals surface area contributed by atoms with Crippen LogP contribution in [0.15, 0.2) is 54.6 Å². The molecule has 1 aliphatic carbocycles. The lowest BCUT2D eigenvalue weighted by molar-refractivity contribution is -0.134. The molecule has 1 aromatic heterocycles. The largest absolute Gasteiger partial charge is 0.351 e. The summed E-state index contributed by atoms with van der Waals surface area (Å²) in [5, 5.41) is 3.36. The third kappa shape index (κ3) is 3.89. The monoisotopic (exact) mass is 458 g/mol. The van der Waals surface area contributed by atoms with Crippen molar-refractivity contribution in [1.82, 2.24) is 19.8 Å². The molecule has 34 heavy (non-hydrogen) atoms. The third-order valence-electron chi connectivity index (χ3n) is 8.13. The van der Waals surface area contributed by atoms with Crippen LogP contribution in [-0.4, -0.2) is 44.4 Å². The van der Waals surface area contributed by atoms with Crippen molar-refractivity contribution in [1.29, 1.82) is 0 Å². The van der Waals surface area contributed by atoms with Gasteiger partial charge in [-0.25, -0.2) is 4.98 Å². The molecule has 2 aliphatic rings. The number of benzene rings is 2. The Hall–Kier alpha value is -3.15. The Labute approximate surface area is 201 Å². The molecule has 3 aromatic rings. The maximum Gasteiger partial charge on any atom is 0.290 e. The van der Waals surface area contributed by atoms with E-state index in [2.05, 4.69) is 36.3 Å². The minimum atomic E-state index is -0.997. The first kappa shape index (κ1) is 22.6. The SMILES string of the molecule is C[C@@H]1[C@H](C)CCC[C@@H]1NC(=O)[C@]1(C)Cn2c(nc3ccccc32)C(=O)N1CCc1ccccc1. The molecule has 178 valence electrons.